The lowest BCUT2D eigenvalue weighted by Crippen LogP contribution is -2.33. The van der Waals surface area contributed by atoms with Gasteiger partial charge in [-0.3, -0.25) is 9.59 Å². The van der Waals surface area contributed by atoms with E-state index >= 15 is 0 Å². The number of carbonyl (C=O) groups excluding carboxylic acids is 2. The summed E-state index contributed by atoms with van der Waals surface area (Å²) in [7, 11) is 0. The van der Waals surface area contributed by atoms with Gasteiger partial charge in [0.25, 0.3) is 5.91 Å². The van der Waals surface area contributed by atoms with Crippen molar-refractivity contribution in [2.24, 2.45) is 11.3 Å². The van der Waals surface area contributed by atoms with Gasteiger partial charge in [-0.2, -0.15) is 0 Å². The van der Waals surface area contributed by atoms with Gasteiger partial charge in [0.15, 0.2) is 0 Å². The van der Waals surface area contributed by atoms with Gasteiger partial charge in [0.2, 0.25) is 5.91 Å². The smallest absolute Gasteiger partial charge is 0.251 e. The first-order valence-electron chi connectivity index (χ1n) is 12.5. The van der Waals surface area contributed by atoms with Crippen molar-refractivity contribution in [2.45, 2.75) is 57.4 Å². The van der Waals surface area contributed by atoms with Crippen LogP contribution in [0.3, 0.4) is 0 Å². The Bertz CT molecular complexity index is 1260. The number of imidazole rings is 1. The van der Waals surface area contributed by atoms with Crippen LogP contribution in [-0.2, 0) is 4.79 Å². The highest BCUT2D eigenvalue weighted by atomic mass is 16.2. The van der Waals surface area contributed by atoms with Gasteiger partial charge in [-0.15, -0.1) is 0 Å². The van der Waals surface area contributed by atoms with E-state index in [2.05, 4.69) is 27.8 Å². The number of aromatic nitrogens is 2. The number of aromatic amines is 1. The van der Waals surface area contributed by atoms with Crippen LogP contribution in [0.15, 0.2) is 54.6 Å². The molecule has 6 heteroatoms. The molecule has 2 fully saturated rings. The molecule has 6 rings (SSSR count). The molecule has 2 aromatic carbocycles. The number of amides is 2. The first-order chi connectivity index (χ1) is 16.6. The fraction of sp³-hybridized carbons (Fsp3) is 0.393. The number of allylic oxidation sites excluding steroid dienone is 2. The van der Waals surface area contributed by atoms with Crippen molar-refractivity contribution in [2.75, 3.05) is 5.32 Å². The van der Waals surface area contributed by atoms with Gasteiger partial charge in [0.05, 0.1) is 17.0 Å². The van der Waals surface area contributed by atoms with Crippen molar-refractivity contribution >= 4 is 28.5 Å². The fourth-order valence-corrected chi connectivity index (χ4v) is 5.68. The third-order valence-electron chi connectivity index (χ3n) is 7.77. The number of fused-ring (bicyclic) bond motifs is 1. The van der Waals surface area contributed by atoms with Crippen LogP contribution in [0.4, 0.5) is 5.69 Å². The first-order valence-corrected chi connectivity index (χ1v) is 12.5. The van der Waals surface area contributed by atoms with E-state index in [0.717, 1.165) is 60.2 Å². The van der Waals surface area contributed by atoms with E-state index in [9.17, 15) is 9.59 Å². The minimum atomic E-state index is -0.00965. The molecular formula is C28H30N4O2. The second-order valence-corrected chi connectivity index (χ2v) is 10.1. The molecule has 34 heavy (non-hydrogen) atoms. The summed E-state index contributed by atoms with van der Waals surface area (Å²) in [6.07, 6.45) is 13.3. The molecule has 0 radical (unpaired) electrons. The molecule has 2 amide bonds. The Morgan fingerprint density at radius 2 is 1.71 bits per heavy atom. The van der Waals surface area contributed by atoms with Gasteiger partial charge in [-0.05, 0) is 56.0 Å². The highest BCUT2D eigenvalue weighted by molar-refractivity contribution is 5.96. The molecule has 3 aliphatic rings. The topological polar surface area (TPSA) is 86.9 Å². The molecule has 3 N–H and O–H groups in total. The molecular weight excluding hydrogens is 424 g/mol. The SMILES string of the molecule is O=C(NC1CCCC1)c1ccc(-c2nc3ccc(NC(=O)C4CCCCC45C=C5)cc3[nH]2)cc1. The molecule has 2 saturated carbocycles. The largest absolute Gasteiger partial charge is 0.349 e. The van der Waals surface area contributed by atoms with Crippen LogP contribution >= 0.6 is 0 Å². The normalized spacial score (nSPS) is 21.1. The van der Waals surface area contributed by atoms with Gasteiger partial charge in [0, 0.05) is 28.3 Å². The van der Waals surface area contributed by atoms with Crippen LogP contribution < -0.4 is 10.6 Å². The quantitative estimate of drug-likeness (QED) is 0.439. The minimum absolute atomic E-state index is 0.00965. The van der Waals surface area contributed by atoms with Crippen molar-refractivity contribution in [3.63, 3.8) is 0 Å². The number of nitrogens with one attached hydrogen (secondary N) is 3. The Kier molecular flexibility index (Phi) is 5.24. The Morgan fingerprint density at radius 3 is 2.47 bits per heavy atom. The van der Waals surface area contributed by atoms with Crippen molar-refractivity contribution in [3.8, 4) is 11.4 Å². The highest BCUT2D eigenvalue weighted by Gasteiger charge is 2.47. The summed E-state index contributed by atoms with van der Waals surface area (Å²) in [4.78, 5) is 33.5. The van der Waals surface area contributed by atoms with E-state index in [-0.39, 0.29) is 23.1 Å². The molecule has 1 heterocycles. The number of benzene rings is 2. The maximum Gasteiger partial charge on any atom is 0.251 e. The zero-order valence-electron chi connectivity index (χ0n) is 19.3. The van der Waals surface area contributed by atoms with Gasteiger partial charge in [0.1, 0.15) is 5.82 Å². The molecule has 6 nitrogen and oxygen atoms in total. The number of H-pyrrole nitrogens is 1. The van der Waals surface area contributed by atoms with Crippen LogP contribution in [0.2, 0.25) is 0 Å². The number of anilines is 1. The molecule has 1 atom stereocenters. The van der Waals surface area contributed by atoms with E-state index in [4.69, 9.17) is 4.98 Å². The van der Waals surface area contributed by atoms with E-state index in [0.29, 0.717) is 11.6 Å². The van der Waals surface area contributed by atoms with Crippen LogP contribution in [0.25, 0.3) is 22.4 Å². The lowest BCUT2D eigenvalue weighted by molar-refractivity contribution is -0.122. The van der Waals surface area contributed by atoms with Gasteiger partial charge in [-0.1, -0.05) is 50.0 Å². The van der Waals surface area contributed by atoms with E-state index in [1.165, 1.54) is 19.3 Å². The predicted molar refractivity (Wildman–Crippen MR) is 133 cm³/mol. The molecule has 1 spiro atoms. The van der Waals surface area contributed by atoms with Crippen LogP contribution in [0, 0.1) is 11.3 Å². The third kappa shape index (κ3) is 4.02. The zero-order chi connectivity index (χ0) is 23.1. The predicted octanol–water partition coefficient (Wildman–Crippen LogP) is 5.59. The van der Waals surface area contributed by atoms with Gasteiger partial charge < -0.3 is 15.6 Å². The Morgan fingerprint density at radius 1 is 0.941 bits per heavy atom. The monoisotopic (exact) mass is 454 g/mol. The number of nitrogens with zero attached hydrogens (tertiary/aromatic N) is 1. The van der Waals surface area contributed by atoms with Crippen LogP contribution in [-0.4, -0.2) is 27.8 Å². The number of carbonyl (C=O) groups is 2. The molecule has 0 saturated heterocycles. The van der Waals surface area contributed by atoms with Crippen molar-refractivity contribution in [1.29, 1.82) is 0 Å². The number of rotatable bonds is 5. The second kappa shape index (κ2) is 8.42. The van der Waals surface area contributed by atoms with E-state index in [1.54, 1.807) is 0 Å². The van der Waals surface area contributed by atoms with Gasteiger partial charge in [-0.25, -0.2) is 4.98 Å². The lowest BCUT2D eigenvalue weighted by Gasteiger charge is -2.31. The maximum atomic E-state index is 13.0. The molecule has 3 aliphatic carbocycles. The zero-order valence-corrected chi connectivity index (χ0v) is 19.3. The summed E-state index contributed by atoms with van der Waals surface area (Å²) < 4.78 is 0. The van der Waals surface area contributed by atoms with Crippen molar-refractivity contribution in [1.82, 2.24) is 15.3 Å². The van der Waals surface area contributed by atoms with E-state index in [1.807, 2.05) is 42.5 Å². The molecule has 3 aromatic rings. The molecule has 1 unspecified atom stereocenters. The Labute approximate surface area is 199 Å². The Balaban J connectivity index is 1.15. The minimum Gasteiger partial charge on any atom is -0.349 e. The first kappa shape index (κ1) is 21.1. The molecule has 174 valence electrons. The highest BCUT2D eigenvalue weighted by Crippen LogP contribution is 2.52. The van der Waals surface area contributed by atoms with E-state index < -0.39 is 0 Å². The van der Waals surface area contributed by atoms with Crippen LogP contribution in [0.1, 0.15) is 61.7 Å². The average Bonchev–Trinajstić information content (AvgIpc) is 3.23. The van der Waals surface area contributed by atoms with Crippen molar-refractivity contribution in [3.05, 3.63) is 60.2 Å². The molecule has 1 aromatic heterocycles. The summed E-state index contributed by atoms with van der Waals surface area (Å²) in [5, 5.41) is 6.26. The Hall–Kier alpha value is -3.41. The fourth-order valence-electron chi connectivity index (χ4n) is 5.68. The summed E-state index contributed by atoms with van der Waals surface area (Å²) in [6, 6.07) is 13.7. The van der Waals surface area contributed by atoms with Gasteiger partial charge >= 0.3 is 0 Å². The van der Waals surface area contributed by atoms with Crippen LogP contribution in [0.5, 0.6) is 0 Å². The standard InChI is InChI=1S/C28H30N4O2/c33-26(29-20-5-1-2-6-20)19-10-8-18(9-11-19)25-31-23-13-12-21(17-24(23)32-25)30-27(34)22-7-3-4-14-28(22)15-16-28/h8-13,15-17,20,22H,1-7,14H2,(H,29,33)(H,30,34)(H,31,32). The third-order valence-corrected chi connectivity index (χ3v) is 7.77. The number of hydrogen-bond donors (Lipinski definition) is 3. The molecule has 0 aliphatic heterocycles. The average molecular weight is 455 g/mol. The number of hydrogen-bond acceptors (Lipinski definition) is 3. The summed E-state index contributed by atoms with van der Waals surface area (Å²) >= 11 is 0. The summed E-state index contributed by atoms with van der Waals surface area (Å²) in [6.45, 7) is 0. The lowest BCUT2D eigenvalue weighted by atomic mass is 9.74. The van der Waals surface area contributed by atoms with Crippen molar-refractivity contribution < 1.29 is 9.59 Å². The second-order valence-electron chi connectivity index (χ2n) is 10.1. The summed E-state index contributed by atoms with van der Waals surface area (Å²) in [5.74, 6) is 0.883. The molecule has 0 bridgehead atoms. The summed E-state index contributed by atoms with van der Waals surface area (Å²) in [5.41, 5.74) is 4.12. The maximum absolute atomic E-state index is 13.0.